The third-order valence-corrected chi connectivity index (χ3v) is 3.20. The number of nitrogen functional groups attached to an aromatic ring is 1. The first-order valence-electron chi connectivity index (χ1n) is 6.03. The van der Waals surface area contributed by atoms with Crippen molar-refractivity contribution in [2.24, 2.45) is 11.8 Å². The van der Waals surface area contributed by atoms with Gasteiger partial charge in [0.2, 0.25) is 0 Å². The van der Waals surface area contributed by atoms with Crippen molar-refractivity contribution >= 4 is 11.5 Å². The lowest BCUT2D eigenvalue weighted by molar-refractivity contribution is 0.355. The maximum absolute atomic E-state index is 6.04. The van der Waals surface area contributed by atoms with E-state index in [0.29, 0.717) is 0 Å². The molecule has 1 aromatic rings. The van der Waals surface area contributed by atoms with E-state index in [-0.39, 0.29) is 0 Å². The van der Waals surface area contributed by atoms with Crippen LogP contribution in [-0.2, 0) is 0 Å². The summed E-state index contributed by atoms with van der Waals surface area (Å²) in [6.07, 6.45) is 3.21. The molecule has 0 spiro atoms. The van der Waals surface area contributed by atoms with E-state index in [4.69, 9.17) is 5.73 Å². The van der Waals surface area contributed by atoms with E-state index >= 15 is 0 Å². The van der Waals surface area contributed by atoms with E-state index in [1.54, 1.807) is 0 Å². The Hall–Kier alpha value is -1.25. The van der Waals surface area contributed by atoms with Crippen molar-refractivity contribution in [1.29, 1.82) is 0 Å². The van der Waals surface area contributed by atoms with Crippen LogP contribution in [0, 0.1) is 18.8 Å². The van der Waals surface area contributed by atoms with E-state index < -0.39 is 0 Å². The monoisotopic (exact) mass is 219 g/mol. The average molecular weight is 219 g/mol. The van der Waals surface area contributed by atoms with Gasteiger partial charge in [0.05, 0.1) is 5.69 Å². The maximum Gasteiger partial charge on any atom is 0.151 e. The van der Waals surface area contributed by atoms with Gasteiger partial charge in [0.1, 0.15) is 0 Å². The van der Waals surface area contributed by atoms with E-state index in [1.165, 1.54) is 6.42 Å². The number of hydrogen-bond acceptors (Lipinski definition) is 3. The molecular weight excluding hydrogens is 198 g/mol. The molecule has 2 atom stereocenters. The van der Waals surface area contributed by atoms with Gasteiger partial charge in [-0.1, -0.05) is 13.8 Å². The molecule has 0 bridgehead atoms. The lowest BCUT2D eigenvalue weighted by atomic mass is 9.92. The second-order valence-corrected chi connectivity index (χ2v) is 5.28. The first kappa shape index (κ1) is 11.2. The van der Waals surface area contributed by atoms with Crippen LogP contribution in [-0.4, -0.2) is 18.1 Å². The van der Waals surface area contributed by atoms with Gasteiger partial charge in [0, 0.05) is 19.3 Å². The van der Waals surface area contributed by atoms with Crippen molar-refractivity contribution in [3.05, 3.63) is 17.8 Å². The zero-order valence-corrected chi connectivity index (χ0v) is 10.4. The fourth-order valence-corrected chi connectivity index (χ4v) is 2.68. The van der Waals surface area contributed by atoms with Crippen LogP contribution in [0.15, 0.2) is 12.3 Å². The molecule has 0 saturated carbocycles. The maximum atomic E-state index is 6.04. The first-order chi connectivity index (χ1) is 7.56. The SMILES string of the molecule is Cc1cnc(N2C[C@@H](C)C[C@H](C)C2)c(N)c1. The summed E-state index contributed by atoms with van der Waals surface area (Å²) in [4.78, 5) is 6.80. The zero-order chi connectivity index (χ0) is 11.7. The Kier molecular flexibility index (Phi) is 3.03. The quantitative estimate of drug-likeness (QED) is 0.789. The molecule has 1 aliphatic heterocycles. The fourth-order valence-electron chi connectivity index (χ4n) is 2.68. The molecule has 0 amide bonds. The number of nitrogens with zero attached hydrogens (tertiary/aromatic N) is 2. The van der Waals surface area contributed by atoms with Crippen LogP contribution in [0.4, 0.5) is 11.5 Å². The second-order valence-electron chi connectivity index (χ2n) is 5.28. The van der Waals surface area contributed by atoms with Crippen molar-refractivity contribution < 1.29 is 0 Å². The number of anilines is 2. The Bertz CT molecular complexity index is 365. The Labute approximate surface area is 97.7 Å². The van der Waals surface area contributed by atoms with Crippen LogP contribution in [0.25, 0.3) is 0 Å². The molecule has 16 heavy (non-hydrogen) atoms. The largest absolute Gasteiger partial charge is 0.396 e. The van der Waals surface area contributed by atoms with Gasteiger partial charge in [-0.2, -0.15) is 0 Å². The average Bonchev–Trinajstić information content (AvgIpc) is 2.15. The van der Waals surface area contributed by atoms with Crippen molar-refractivity contribution in [2.75, 3.05) is 23.7 Å². The number of pyridine rings is 1. The molecular formula is C13H21N3. The summed E-state index contributed by atoms with van der Waals surface area (Å²) < 4.78 is 0. The van der Waals surface area contributed by atoms with Crippen LogP contribution >= 0.6 is 0 Å². The Morgan fingerprint density at radius 3 is 2.50 bits per heavy atom. The molecule has 2 rings (SSSR count). The molecule has 1 saturated heterocycles. The van der Waals surface area contributed by atoms with Gasteiger partial charge >= 0.3 is 0 Å². The molecule has 88 valence electrons. The highest BCUT2D eigenvalue weighted by atomic mass is 15.2. The number of nitrogens with two attached hydrogens (primary N) is 1. The molecule has 0 aromatic carbocycles. The van der Waals surface area contributed by atoms with Crippen LogP contribution in [0.2, 0.25) is 0 Å². The highest BCUT2D eigenvalue weighted by Gasteiger charge is 2.23. The molecule has 0 aliphatic carbocycles. The van der Waals surface area contributed by atoms with Crippen molar-refractivity contribution in [3.63, 3.8) is 0 Å². The van der Waals surface area contributed by atoms with Crippen molar-refractivity contribution in [2.45, 2.75) is 27.2 Å². The molecule has 0 radical (unpaired) electrons. The third-order valence-electron chi connectivity index (χ3n) is 3.20. The first-order valence-corrected chi connectivity index (χ1v) is 6.03. The minimum Gasteiger partial charge on any atom is -0.396 e. The van der Waals surface area contributed by atoms with Crippen LogP contribution in [0.5, 0.6) is 0 Å². The summed E-state index contributed by atoms with van der Waals surface area (Å²) in [7, 11) is 0. The summed E-state index contributed by atoms with van der Waals surface area (Å²) in [5.74, 6) is 2.42. The number of piperidine rings is 1. The highest BCUT2D eigenvalue weighted by Crippen LogP contribution is 2.28. The second kappa shape index (κ2) is 4.32. The van der Waals surface area contributed by atoms with Gasteiger partial charge in [-0.05, 0) is 36.8 Å². The van der Waals surface area contributed by atoms with Gasteiger partial charge in [0.15, 0.2) is 5.82 Å². The van der Waals surface area contributed by atoms with E-state index in [9.17, 15) is 0 Å². The van der Waals surface area contributed by atoms with E-state index in [0.717, 1.165) is 42.0 Å². The molecule has 2 N–H and O–H groups in total. The van der Waals surface area contributed by atoms with E-state index in [1.807, 2.05) is 19.2 Å². The molecule has 0 unspecified atom stereocenters. The summed E-state index contributed by atoms with van der Waals surface area (Å²) >= 11 is 0. The normalized spacial score (nSPS) is 25.8. The molecule has 3 nitrogen and oxygen atoms in total. The van der Waals surface area contributed by atoms with Crippen LogP contribution < -0.4 is 10.6 Å². The van der Waals surface area contributed by atoms with E-state index in [2.05, 4.69) is 23.7 Å². The van der Waals surface area contributed by atoms with Gasteiger partial charge in [-0.25, -0.2) is 4.98 Å². The lowest BCUT2D eigenvalue weighted by Gasteiger charge is -2.36. The number of rotatable bonds is 1. The summed E-state index contributed by atoms with van der Waals surface area (Å²) in [5, 5.41) is 0. The summed E-state index contributed by atoms with van der Waals surface area (Å²) in [6, 6.07) is 2.01. The number of aryl methyl sites for hydroxylation is 1. The molecule has 1 aromatic heterocycles. The topological polar surface area (TPSA) is 42.2 Å². The smallest absolute Gasteiger partial charge is 0.151 e. The molecule has 2 heterocycles. The van der Waals surface area contributed by atoms with Crippen molar-refractivity contribution in [3.8, 4) is 0 Å². The standard InChI is InChI=1S/C13H21N3/c1-9-5-12(14)13(15-6-9)16-7-10(2)4-11(3)8-16/h5-6,10-11H,4,7-8,14H2,1-3H3/t10-,11-/m0/s1. The predicted octanol–water partition coefficient (Wildman–Crippen LogP) is 2.45. The molecule has 1 aliphatic rings. The Morgan fingerprint density at radius 2 is 1.94 bits per heavy atom. The van der Waals surface area contributed by atoms with Gasteiger partial charge in [-0.3, -0.25) is 0 Å². The number of hydrogen-bond donors (Lipinski definition) is 1. The van der Waals surface area contributed by atoms with Crippen LogP contribution in [0.3, 0.4) is 0 Å². The minimum absolute atomic E-state index is 0.728. The van der Waals surface area contributed by atoms with Crippen LogP contribution in [0.1, 0.15) is 25.8 Å². The zero-order valence-electron chi connectivity index (χ0n) is 10.4. The Morgan fingerprint density at radius 1 is 1.31 bits per heavy atom. The highest BCUT2D eigenvalue weighted by molar-refractivity contribution is 5.63. The predicted molar refractivity (Wildman–Crippen MR) is 68.5 cm³/mol. The molecule has 3 heteroatoms. The summed E-state index contributed by atoms with van der Waals surface area (Å²) in [5.41, 5.74) is 7.97. The molecule has 1 fully saturated rings. The third kappa shape index (κ3) is 2.29. The summed E-state index contributed by atoms with van der Waals surface area (Å²) in [6.45, 7) is 8.77. The van der Waals surface area contributed by atoms with Gasteiger partial charge in [0.25, 0.3) is 0 Å². The van der Waals surface area contributed by atoms with Gasteiger partial charge < -0.3 is 10.6 Å². The lowest BCUT2D eigenvalue weighted by Crippen LogP contribution is -2.39. The fraction of sp³-hybridized carbons (Fsp3) is 0.615. The minimum atomic E-state index is 0.728. The van der Waals surface area contributed by atoms with Crippen molar-refractivity contribution in [1.82, 2.24) is 4.98 Å². The Balaban J connectivity index is 2.23. The number of aromatic nitrogens is 1. The van der Waals surface area contributed by atoms with Gasteiger partial charge in [-0.15, -0.1) is 0 Å².